The van der Waals surface area contributed by atoms with Crippen LogP contribution in [0.3, 0.4) is 0 Å². The molecule has 152 valence electrons. The highest BCUT2D eigenvalue weighted by atomic mass is 35.5. The average molecular weight is 441 g/mol. The number of halogens is 1. The lowest BCUT2D eigenvalue weighted by atomic mass is 10.1. The second-order valence-electron chi connectivity index (χ2n) is 6.87. The van der Waals surface area contributed by atoms with E-state index in [1.165, 1.54) is 29.2 Å². The maximum atomic E-state index is 13.3. The fourth-order valence-corrected chi connectivity index (χ4v) is 5.06. The lowest BCUT2D eigenvalue weighted by Crippen LogP contribution is -2.52. The van der Waals surface area contributed by atoms with E-state index in [9.17, 15) is 18.0 Å². The minimum atomic E-state index is -4.17. The van der Waals surface area contributed by atoms with Gasteiger partial charge in [-0.2, -0.15) is 4.31 Å². The number of carbonyl (C=O) groups is 2. The summed E-state index contributed by atoms with van der Waals surface area (Å²) in [6.45, 7) is 1.61. The number of hydrogen-bond acceptors (Lipinski definition) is 4. The normalized spacial score (nSPS) is 15.1. The number of Topliss-reactive ketones (excluding diaryl/α,β-unsaturated/α-hetero) is 1. The Hall–Kier alpha value is -3.16. The standard InChI is InChI=1S/C22H17ClN2O4S/c1-15-9-11-16(12-10-15)20(26)14-24-19-7-2-3-8-21(19)30(28,29)25(22(24)27)18-6-4-5-17(23)13-18/h2-13H,14H2,1H3. The summed E-state index contributed by atoms with van der Waals surface area (Å²) >= 11 is 6.02. The Morgan fingerprint density at radius 3 is 2.37 bits per heavy atom. The Morgan fingerprint density at radius 2 is 1.67 bits per heavy atom. The molecule has 0 N–H and O–H groups in total. The van der Waals surface area contributed by atoms with Gasteiger partial charge in [-0.15, -0.1) is 0 Å². The zero-order chi connectivity index (χ0) is 21.5. The van der Waals surface area contributed by atoms with E-state index in [1.807, 2.05) is 19.1 Å². The molecule has 0 atom stereocenters. The molecule has 1 aliphatic rings. The summed E-state index contributed by atoms with van der Waals surface area (Å²) in [5.74, 6) is -0.302. The molecule has 0 fully saturated rings. The zero-order valence-electron chi connectivity index (χ0n) is 15.9. The first kappa shape index (κ1) is 20.1. The molecular formula is C22H17ClN2O4S. The highest BCUT2D eigenvalue weighted by Crippen LogP contribution is 2.37. The fourth-order valence-electron chi connectivity index (χ4n) is 3.29. The van der Waals surface area contributed by atoms with Crippen molar-refractivity contribution in [3.05, 3.63) is 88.9 Å². The van der Waals surface area contributed by atoms with E-state index in [0.29, 0.717) is 9.87 Å². The summed E-state index contributed by atoms with van der Waals surface area (Å²) < 4.78 is 27.1. The third kappa shape index (κ3) is 3.46. The van der Waals surface area contributed by atoms with Gasteiger partial charge < -0.3 is 0 Å². The average Bonchev–Trinajstić information content (AvgIpc) is 2.71. The number of carbonyl (C=O) groups excluding carboxylic acids is 2. The number of para-hydroxylation sites is 1. The van der Waals surface area contributed by atoms with Crippen molar-refractivity contribution in [2.45, 2.75) is 11.8 Å². The molecular weight excluding hydrogens is 424 g/mol. The van der Waals surface area contributed by atoms with Gasteiger partial charge in [0, 0.05) is 10.6 Å². The number of rotatable bonds is 4. The molecule has 0 saturated carbocycles. The predicted molar refractivity (Wildman–Crippen MR) is 116 cm³/mol. The number of fused-ring (bicyclic) bond motifs is 1. The van der Waals surface area contributed by atoms with E-state index in [-0.39, 0.29) is 33.6 Å². The van der Waals surface area contributed by atoms with Crippen LogP contribution in [0.25, 0.3) is 0 Å². The molecule has 0 aliphatic carbocycles. The van der Waals surface area contributed by atoms with Gasteiger partial charge in [-0.1, -0.05) is 59.6 Å². The Labute approximate surface area is 179 Å². The second kappa shape index (κ2) is 7.59. The summed E-state index contributed by atoms with van der Waals surface area (Å²) in [6.07, 6.45) is 0. The van der Waals surface area contributed by atoms with Crippen LogP contribution in [-0.2, 0) is 10.0 Å². The number of amides is 2. The number of hydrogen-bond donors (Lipinski definition) is 0. The first-order chi connectivity index (χ1) is 14.3. The number of sulfonamides is 1. The van der Waals surface area contributed by atoms with Crippen molar-refractivity contribution in [1.29, 1.82) is 0 Å². The number of ketones is 1. The van der Waals surface area contributed by atoms with Gasteiger partial charge >= 0.3 is 6.03 Å². The minimum absolute atomic E-state index is 0.0544. The summed E-state index contributed by atoms with van der Waals surface area (Å²) in [7, 11) is -4.17. The quantitative estimate of drug-likeness (QED) is 0.552. The second-order valence-corrected chi connectivity index (χ2v) is 9.07. The van der Waals surface area contributed by atoms with Gasteiger partial charge in [-0.25, -0.2) is 13.2 Å². The third-order valence-corrected chi connectivity index (χ3v) is 6.78. The summed E-state index contributed by atoms with van der Waals surface area (Å²) in [4.78, 5) is 27.3. The molecule has 0 radical (unpaired) electrons. The van der Waals surface area contributed by atoms with Crippen molar-refractivity contribution in [3.8, 4) is 0 Å². The maximum absolute atomic E-state index is 13.3. The fraction of sp³-hybridized carbons (Fsp3) is 0.0909. The number of nitrogens with zero attached hydrogens (tertiary/aromatic N) is 2. The molecule has 0 unspecified atom stereocenters. The van der Waals surface area contributed by atoms with Gasteiger partial charge in [0.2, 0.25) is 0 Å². The van der Waals surface area contributed by atoms with E-state index < -0.39 is 16.1 Å². The van der Waals surface area contributed by atoms with Crippen LogP contribution in [0.5, 0.6) is 0 Å². The third-order valence-electron chi connectivity index (χ3n) is 4.80. The Bertz CT molecular complexity index is 1260. The zero-order valence-corrected chi connectivity index (χ0v) is 17.5. The molecule has 30 heavy (non-hydrogen) atoms. The first-order valence-corrected chi connectivity index (χ1v) is 10.9. The van der Waals surface area contributed by atoms with Gasteiger partial charge in [-0.05, 0) is 37.3 Å². The minimum Gasteiger partial charge on any atom is -0.292 e. The Balaban J connectivity index is 1.81. The number of urea groups is 1. The van der Waals surface area contributed by atoms with Crippen molar-refractivity contribution in [1.82, 2.24) is 0 Å². The van der Waals surface area contributed by atoms with E-state index in [4.69, 9.17) is 11.6 Å². The van der Waals surface area contributed by atoms with Gasteiger partial charge in [0.25, 0.3) is 10.0 Å². The van der Waals surface area contributed by atoms with Crippen LogP contribution in [0, 0.1) is 6.92 Å². The summed E-state index contributed by atoms with van der Waals surface area (Å²) in [5.41, 5.74) is 1.72. The van der Waals surface area contributed by atoms with Crippen LogP contribution >= 0.6 is 11.6 Å². The van der Waals surface area contributed by atoms with E-state index >= 15 is 0 Å². The van der Waals surface area contributed by atoms with Crippen LogP contribution < -0.4 is 9.21 Å². The summed E-state index contributed by atoms with van der Waals surface area (Å²) in [6, 6.07) is 18.3. The van der Waals surface area contributed by atoms with Crippen molar-refractivity contribution < 1.29 is 18.0 Å². The van der Waals surface area contributed by atoms with Crippen molar-refractivity contribution >= 4 is 44.8 Å². The van der Waals surface area contributed by atoms with E-state index in [1.54, 1.807) is 36.4 Å². The lowest BCUT2D eigenvalue weighted by Gasteiger charge is -2.35. The van der Waals surface area contributed by atoms with Crippen molar-refractivity contribution in [3.63, 3.8) is 0 Å². The van der Waals surface area contributed by atoms with Crippen LogP contribution in [0.2, 0.25) is 5.02 Å². The molecule has 0 aromatic heterocycles. The van der Waals surface area contributed by atoms with Crippen LogP contribution in [0.1, 0.15) is 15.9 Å². The summed E-state index contributed by atoms with van der Waals surface area (Å²) in [5, 5.41) is 0.289. The first-order valence-electron chi connectivity index (χ1n) is 9.10. The van der Waals surface area contributed by atoms with Crippen LogP contribution in [0.4, 0.5) is 16.2 Å². The van der Waals surface area contributed by atoms with Gasteiger partial charge in [-0.3, -0.25) is 9.69 Å². The highest BCUT2D eigenvalue weighted by Gasteiger charge is 2.43. The number of benzene rings is 3. The lowest BCUT2D eigenvalue weighted by molar-refractivity contribution is 0.0999. The number of aryl methyl sites for hydroxylation is 1. The molecule has 6 nitrogen and oxygen atoms in total. The molecule has 3 aromatic rings. The molecule has 1 heterocycles. The van der Waals surface area contributed by atoms with E-state index in [0.717, 1.165) is 5.56 Å². The van der Waals surface area contributed by atoms with Crippen molar-refractivity contribution in [2.75, 3.05) is 15.7 Å². The topological polar surface area (TPSA) is 74.8 Å². The Morgan fingerprint density at radius 1 is 0.967 bits per heavy atom. The molecule has 2 amide bonds. The highest BCUT2D eigenvalue weighted by molar-refractivity contribution is 7.94. The molecule has 1 aliphatic heterocycles. The molecule has 4 rings (SSSR count). The van der Waals surface area contributed by atoms with Crippen LogP contribution in [0.15, 0.2) is 77.7 Å². The predicted octanol–water partition coefficient (Wildman–Crippen LogP) is 4.67. The smallest absolute Gasteiger partial charge is 0.292 e. The van der Waals surface area contributed by atoms with Crippen LogP contribution in [-0.4, -0.2) is 26.8 Å². The Kier molecular flexibility index (Phi) is 5.09. The molecule has 0 saturated heterocycles. The van der Waals surface area contributed by atoms with Gasteiger partial charge in [0.05, 0.1) is 17.9 Å². The molecule has 3 aromatic carbocycles. The van der Waals surface area contributed by atoms with Crippen molar-refractivity contribution in [2.24, 2.45) is 0 Å². The largest absolute Gasteiger partial charge is 0.343 e. The molecule has 8 heteroatoms. The molecule has 0 bridgehead atoms. The van der Waals surface area contributed by atoms with Gasteiger partial charge in [0.15, 0.2) is 5.78 Å². The maximum Gasteiger partial charge on any atom is 0.343 e. The van der Waals surface area contributed by atoms with E-state index in [2.05, 4.69) is 0 Å². The SMILES string of the molecule is Cc1ccc(C(=O)CN2C(=O)N(c3cccc(Cl)c3)S(=O)(=O)c3ccccc32)cc1. The monoisotopic (exact) mass is 440 g/mol. The number of anilines is 2. The molecule has 0 spiro atoms. The van der Waals surface area contributed by atoms with Gasteiger partial charge in [0.1, 0.15) is 4.90 Å².